The van der Waals surface area contributed by atoms with Gasteiger partial charge in [-0.3, -0.25) is 0 Å². The van der Waals surface area contributed by atoms with E-state index < -0.39 is 0 Å². The summed E-state index contributed by atoms with van der Waals surface area (Å²) in [6.45, 7) is 5.42. The number of ether oxygens (including phenoxy) is 1. The zero-order valence-electron chi connectivity index (χ0n) is 16.3. The minimum absolute atomic E-state index is 0.389. The molecule has 1 saturated heterocycles. The van der Waals surface area contributed by atoms with Crippen molar-refractivity contribution in [3.8, 4) is 5.75 Å². The molecule has 3 N–H and O–H groups in total. The second kappa shape index (κ2) is 9.72. The van der Waals surface area contributed by atoms with Crippen molar-refractivity contribution in [2.75, 3.05) is 32.1 Å². The van der Waals surface area contributed by atoms with Gasteiger partial charge in [0.2, 0.25) is 0 Å². The Morgan fingerprint density at radius 1 is 1.07 bits per heavy atom. The fourth-order valence-corrected chi connectivity index (χ4v) is 3.91. The smallest absolute Gasteiger partial charge is 0.171 e. The van der Waals surface area contributed by atoms with Gasteiger partial charge in [-0.25, -0.2) is 0 Å². The number of hydrogen-bond donors (Lipinski definition) is 3. The first-order chi connectivity index (χ1) is 13.2. The minimum Gasteiger partial charge on any atom is -0.497 e. The van der Waals surface area contributed by atoms with Crippen LogP contribution in [0.5, 0.6) is 5.75 Å². The van der Waals surface area contributed by atoms with Crippen molar-refractivity contribution in [1.82, 2.24) is 5.32 Å². The summed E-state index contributed by atoms with van der Waals surface area (Å²) in [5, 5.41) is 7.41. The van der Waals surface area contributed by atoms with Crippen LogP contribution in [-0.4, -0.2) is 31.9 Å². The first-order valence-electron chi connectivity index (χ1n) is 9.82. The summed E-state index contributed by atoms with van der Waals surface area (Å²) in [6, 6.07) is 17.3. The molecule has 4 nitrogen and oxygen atoms in total. The first-order valence-corrected chi connectivity index (χ1v) is 10.2. The number of methoxy groups -OCH3 is 1. The van der Waals surface area contributed by atoms with Gasteiger partial charge in [-0.15, -0.1) is 0 Å². The number of thiocarbonyl (C=S) groups is 1. The lowest BCUT2D eigenvalue weighted by molar-refractivity contribution is -0.918. The van der Waals surface area contributed by atoms with Gasteiger partial charge in [0.25, 0.3) is 0 Å². The fourth-order valence-electron chi connectivity index (χ4n) is 3.71. The van der Waals surface area contributed by atoms with Crippen LogP contribution < -0.4 is 20.3 Å². The summed E-state index contributed by atoms with van der Waals surface area (Å²) < 4.78 is 5.30. The number of nitrogens with one attached hydrogen (secondary N) is 3. The van der Waals surface area contributed by atoms with E-state index in [2.05, 4.69) is 54.0 Å². The van der Waals surface area contributed by atoms with E-state index in [1.807, 2.05) is 12.1 Å². The minimum atomic E-state index is 0.389. The monoisotopic (exact) mass is 384 g/mol. The topological polar surface area (TPSA) is 37.7 Å². The van der Waals surface area contributed by atoms with Gasteiger partial charge in [0.1, 0.15) is 11.8 Å². The highest BCUT2D eigenvalue weighted by atomic mass is 32.1. The molecule has 1 atom stereocenters. The molecule has 0 unspecified atom stereocenters. The van der Waals surface area contributed by atoms with E-state index in [1.54, 1.807) is 12.0 Å². The van der Waals surface area contributed by atoms with Crippen molar-refractivity contribution in [3.05, 3.63) is 59.7 Å². The van der Waals surface area contributed by atoms with Gasteiger partial charge >= 0.3 is 0 Å². The Morgan fingerprint density at radius 3 is 2.33 bits per heavy atom. The highest BCUT2D eigenvalue weighted by Gasteiger charge is 2.27. The van der Waals surface area contributed by atoms with Crippen LogP contribution in [-0.2, 0) is 6.42 Å². The Labute approximate surface area is 167 Å². The molecule has 1 aliphatic heterocycles. The molecule has 2 aromatic carbocycles. The number of rotatable bonds is 7. The Bertz CT molecular complexity index is 724. The quantitative estimate of drug-likeness (QED) is 0.642. The van der Waals surface area contributed by atoms with Crippen LogP contribution in [0.15, 0.2) is 48.5 Å². The Hall–Kier alpha value is -2.11. The van der Waals surface area contributed by atoms with Gasteiger partial charge in [-0.05, 0) is 60.6 Å². The molecule has 0 bridgehead atoms. The average Bonchev–Trinajstić information content (AvgIpc) is 3.24. The predicted molar refractivity (Wildman–Crippen MR) is 116 cm³/mol. The van der Waals surface area contributed by atoms with Crippen LogP contribution in [0.3, 0.4) is 0 Å². The van der Waals surface area contributed by atoms with Gasteiger partial charge in [0, 0.05) is 24.1 Å². The zero-order chi connectivity index (χ0) is 19.1. The Balaban J connectivity index is 1.61. The summed E-state index contributed by atoms with van der Waals surface area (Å²) in [7, 11) is 1.71. The number of hydrogen-bond acceptors (Lipinski definition) is 2. The summed E-state index contributed by atoms with van der Waals surface area (Å²) in [5.41, 5.74) is 3.69. The van der Waals surface area contributed by atoms with Crippen molar-refractivity contribution in [2.24, 2.45) is 0 Å². The molecule has 0 saturated carbocycles. The molecular formula is C22H30N3OS+. The molecule has 1 aliphatic rings. The third-order valence-corrected chi connectivity index (χ3v) is 5.59. The van der Waals surface area contributed by atoms with Crippen LogP contribution >= 0.6 is 12.2 Å². The van der Waals surface area contributed by atoms with E-state index in [4.69, 9.17) is 17.0 Å². The highest BCUT2D eigenvalue weighted by molar-refractivity contribution is 7.80. The van der Waals surface area contributed by atoms with Gasteiger partial charge < -0.3 is 20.3 Å². The van der Waals surface area contributed by atoms with E-state index in [-0.39, 0.29) is 0 Å². The van der Waals surface area contributed by atoms with Crippen molar-refractivity contribution in [1.29, 1.82) is 0 Å². The fraction of sp³-hybridized carbons (Fsp3) is 0.409. The van der Waals surface area contributed by atoms with Crippen LogP contribution in [0.25, 0.3) is 0 Å². The summed E-state index contributed by atoms with van der Waals surface area (Å²) in [5.74, 6) is 0.898. The average molecular weight is 385 g/mol. The molecular weight excluding hydrogens is 354 g/mol. The molecule has 3 rings (SSSR count). The van der Waals surface area contributed by atoms with Crippen molar-refractivity contribution in [2.45, 2.75) is 32.2 Å². The van der Waals surface area contributed by atoms with E-state index in [9.17, 15) is 0 Å². The Kier molecular flexibility index (Phi) is 7.07. The standard InChI is InChI=1S/C22H29N3OS/c1-3-17-6-10-19(11-7-17)24-22(27)23-16-21(25-14-4-5-15-25)18-8-12-20(26-2)13-9-18/h6-13,21H,3-5,14-16H2,1-2H3,(H2,23,24,27)/p+1/t21-/m1/s1. The molecule has 1 fully saturated rings. The van der Waals surface area contributed by atoms with Crippen LogP contribution in [0.1, 0.15) is 36.9 Å². The molecule has 144 valence electrons. The van der Waals surface area contributed by atoms with E-state index in [1.165, 1.54) is 37.1 Å². The SMILES string of the molecule is CCc1ccc(NC(=S)NC[C@H](c2ccc(OC)cc2)[NH+]2CCCC2)cc1. The third kappa shape index (κ3) is 5.44. The summed E-state index contributed by atoms with van der Waals surface area (Å²) in [6.07, 6.45) is 3.65. The maximum absolute atomic E-state index is 5.53. The molecule has 0 amide bonds. The van der Waals surface area contributed by atoms with Crippen molar-refractivity contribution in [3.63, 3.8) is 0 Å². The van der Waals surface area contributed by atoms with Gasteiger partial charge in [-0.1, -0.05) is 19.1 Å². The van der Waals surface area contributed by atoms with Gasteiger partial charge in [0.15, 0.2) is 5.11 Å². The third-order valence-electron chi connectivity index (χ3n) is 5.34. The molecule has 27 heavy (non-hydrogen) atoms. The second-order valence-electron chi connectivity index (χ2n) is 7.08. The highest BCUT2D eigenvalue weighted by Crippen LogP contribution is 2.17. The number of aryl methyl sites for hydroxylation is 1. The first kappa shape index (κ1) is 19.6. The molecule has 0 aliphatic carbocycles. The van der Waals surface area contributed by atoms with E-state index >= 15 is 0 Å². The molecule has 2 aromatic rings. The summed E-state index contributed by atoms with van der Waals surface area (Å²) >= 11 is 5.53. The molecule has 0 spiro atoms. The molecule has 5 heteroatoms. The van der Waals surface area contributed by atoms with Crippen molar-refractivity contribution >= 4 is 23.0 Å². The van der Waals surface area contributed by atoms with Crippen LogP contribution in [0, 0.1) is 0 Å². The lowest BCUT2D eigenvalue weighted by Gasteiger charge is -2.26. The van der Waals surface area contributed by atoms with Crippen LogP contribution in [0.4, 0.5) is 5.69 Å². The van der Waals surface area contributed by atoms with E-state index in [0.717, 1.165) is 24.4 Å². The largest absolute Gasteiger partial charge is 0.497 e. The number of anilines is 1. The number of quaternary nitrogens is 1. The zero-order valence-corrected chi connectivity index (χ0v) is 17.1. The molecule has 1 heterocycles. The number of likely N-dealkylation sites (tertiary alicyclic amines) is 1. The maximum atomic E-state index is 5.53. The summed E-state index contributed by atoms with van der Waals surface area (Å²) in [4.78, 5) is 1.63. The lowest BCUT2D eigenvalue weighted by Crippen LogP contribution is -3.11. The predicted octanol–water partition coefficient (Wildman–Crippen LogP) is 2.96. The lowest BCUT2D eigenvalue weighted by atomic mass is 10.1. The maximum Gasteiger partial charge on any atom is 0.171 e. The number of benzene rings is 2. The van der Waals surface area contributed by atoms with E-state index in [0.29, 0.717) is 11.2 Å². The van der Waals surface area contributed by atoms with Crippen LogP contribution in [0.2, 0.25) is 0 Å². The second-order valence-corrected chi connectivity index (χ2v) is 7.48. The van der Waals surface area contributed by atoms with Gasteiger partial charge in [0.05, 0.1) is 26.7 Å². The van der Waals surface area contributed by atoms with Crippen molar-refractivity contribution < 1.29 is 9.64 Å². The van der Waals surface area contributed by atoms with Gasteiger partial charge in [-0.2, -0.15) is 0 Å². The Morgan fingerprint density at radius 2 is 1.74 bits per heavy atom. The molecule has 0 radical (unpaired) electrons. The molecule has 0 aromatic heterocycles. The normalized spacial score (nSPS) is 15.3.